The molecule has 0 unspecified atom stereocenters. The second-order valence-corrected chi connectivity index (χ2v) is 6.79. The molecule has 2 amide bonds. The molecule has 2 aliphatic heterocycles. The Bertz CT molecular complexity index is 879. The zero-order valence-electron chi connectivity index (χ0n) is 14.2. The smallest absolute Gasteiger partial charge is 0.263 e. The number of carbonyl (C=O) groups is 2. The molecule has 0 radical (unpaired) electrons. The number of hydrogen-bond donors (Lipinski definition) is 0. The van der Waals surface area contributed by atoms with Gasteiger partial charge in [-0.1, -0.05) is 48.0 Å². The van der Waals surface area contributed by atoms with E-state index in [2.05, 4.69) is 17.3 Å². The fourth-order valence-electron chi connectivity index (χ4n) is 3.27. The van der Waals surface area contributed by atoms with Gasteiger partial charge in [-0.3, -0.25) is 14.6 Å². The van der Waals surface area contributed by atoms with E-state index in [1.165, 1.54) is 4.90 Å². The maximum absolute atomic E-state index is 12.9. The zero-order chi connectivity index (χ0) is 18.3. The third-order valence-electron chi connectivity index (χ3n) is 4.72. The number of aryl methyl sites for hydroxylation is 1. The van der Waals surface area contributed by atoms with Gasteiger partial charge in [0.1, 0.15) is 0 Å². The van der Waals surface area contributed by atoms with Crippen molar-refractivity contribution in [2.45, 2.75) is 32.0 Å². The van der Waals surface area contributed by atoms with E-state index in [0.29, 0.717) is 17.3 Å². The Morgan fingerprint density at radius 2 is 1.62 bits per heavy atom. The highest BCUT2D eigenvalue weighted by Crippen LogP contribution is 2.33. The summed E-state index contributed by atoms with van der Waals surface area (Å²) in [5, 5.41) is 10.3. The van der Waals surface area contributed by atoms with E-state index in [1.807, 2.05) is 24.3 Å². The van der Waals surface area contributed by atoms with Crippen molar-refractivity contribution in [1.82, 2.24) is 5.01 Å². The first-order valence-electron chi connectivity index (χ1n) is 8.47. The molecule has 6 nitrogen and oxygen atoms in total. The van der Waals surface area contributed by atoms with Crippen molar-refractivity contribution < 1.29 is 9.59 Å². The van der Waals surface area contributed by atoms with Crippen LogP contribution in [0, 0.1) is 0 Å². The van der Waals surface area contributed by atoms with E-state index in [-0.39, 0.29) is 11.8 Å². The van der Waals surface area contributed by atoms with Gasteiger partial charge in [-0.15, -0.1) is 0 Å². The predicted octanol–water partition coefficient (Wildman–Crippen LogP) is 3.40. The number of benzene rings is 2. The van der Waals surface area contributed by atoms with Gasteiger partial charge in [-0.25, -0.2) is 4.90 Å². The molecule has 2 aromatic carbocycles. The Morgan fingerprint density at radius 1 is 0.962 bits per heavy atom. The molecule has 0 aromatic heterocycles. The summed E-state index contributed by atoms with van der Waals surface area (Å²) < 4.78 is 0. The molecular formula is C19H17ClN4O2. The lowest BCUT2D eigenvalue weighted by atomic mass is 10.1. The third-order valence-corrected chi connectivity index (χ3v) is 4.97. The van der Waals surface area contributed by atoms with Crippen LogP contribution < -0.4 is 4.90 Å². The van der Waals surface area contributed by atoms with E-state index in [4.69, 9.17) is 11.6 Å². The van der Waals surface area contributed by atoms with Crippen LogP contribution in [-0.2, 0) is 22.6 Å². The van der Waals surface area contributed by atoms with Gasteiger partial charge >= 0.3 is 0 Å². The molecule has 2 heterocycles. The maximum atomic E-state index is 12.9. The SMILES string of the molecule is CCc1ccc(N2C(=O)[C@@H]3N=NN(Cc4ccc(Cl)cc4)[C@H]3C2=O)cc1. The molecule has 4 rings (SSSR count). The summed E-state index contributed by atoms with van der Waals surface area (Å²) in [6, 6.07) is 13.3. The van der Waals surface area contributed by atoms with E-state index < -0.39 is 12.1 Å². The number of anilines is 1. The van der Waals surface area contributed by atoms with Crippen molar-refractivity contribution in [3.63, 3.8) is 0 Å². The summed E-state index contributed by atoms with van der Waals surface area (Å²) in [6.07, 6.45) is 0.899. The van der Waals surface area contributed by atoms with Crippen molar-refractivity contribution in [3.05, 3.63) is 64.7 Å². The summed E-state index contributed by atoms with van der Waals surface area (Å²) in [4.78, 5) is 26.9. The second kappa shape index (κ2) is 6.53. The van der Waals surface area contributed by atoms with Crippen LogP contribution in [-0.4, -0.2) is 28.9 Å². The molecule has 0 spiro atoms. The first-order valence-corrected chi connectivity index (χ1v) is 8.85. The quantitative estimate of drug-likeness (QED) is 0.777. The van der Waals surface area contributed by atoms with Crippen LogP contribution in [0.15, 0.2) is 58.9 Å². The Balaban J connectivity index is 1.57. The van der Waals surface area contributed by atoms with E-state index in [1.54, 1.807) is 29.3 Å². The van der Waals surface area contributed by atoms with Gasteiger partial charge < -0.3 is 0 Å². The van der Waals surface area contributed by atoms with Crippen molar-refractivity contribution in [2.24, 2.45) is 10.3 Å². The van der Waals surface area contributed by atoms with Gasteiger partial charge in [0.25, 0.3) is 11.8 Å². The highest BCUT2D eigenvalue weighted by molar-refractivity contribution is 6.30. The lowest BCUT2D eigenvalue weighted by molar-refractivity contribution is -0.123. The molecule has 1 saturated heterocycles. The van der Waals surface area contributed by atoms with E-state index >= 15 is 0 Å². The van der Waals surface area contributed by atoms with Gasteiger partial charge in [-0.05, 0) is 41.8 Å². The van der Waals surface area contributed by atoms with E-state index in [0.717, 1.165) is 17.5 Å². The highest BCUT2D eigenvalue weighted by atomic mass is 35.5. The molecule has 2 aliphatic rings. The van der Waals surface area contributed by atoms with Crippen LogP contribution in [0.4, 0.5) is 5.69 Å². The highest BCUT2D eigenvalue weighted by Gasteiger charge is 2.54. The molecule has 26 heavy (non-hydrogen) atoms. The number of amides is 2. The number of nitrogens with zero attached hydrogens (tertiary/aromatic N) is 4. The van der Waals surface area contributed by atoms with Crippen LogP contribution in [0.1, 0.15) is 18.1 Å². The van der Waals surface area contributed by atoms with Crippen molar-refractivity contribution >= 4 is 29.1 Å². The molecule has 0 aliphatic carbocycles. The molecule has 1 fully saturated rings. The van der Waals surface area contributed by atoms with Gasteiger partial charge in [0.15, 0.2) is 12.1 Å². The minimum atomic E-state index is -0.777. The second-order valence-electron chi connectivity index (χ2n) is 6.35. The molecule has 132 valence electrons. The standard InChI is InChI=1S/C19H17ClN4O2/c1-2-12-5-9-15(10-6-12)24-18(25)16-17(19(24)26)23(22-21-16)11-13-3-7-14(20)8-4-13/h3-10,16-17H,2,11H2,1H3/t16-,17-/m1/s1. The number of carbonyl (C=O) groups excluding carboxylic acids is 2. The number of halogens is 1. The minimum Gasteiger partial charge on any atom is -0.271 e. The van der Waals surface area contributed by atoms with Crippen LogP contribution in [0.2, 0.25) is 5.02 Å². The molecule has 2 atom stereocenters. The van der Waals surface area contributed by atoms with Crippen LogP contribution in [0.25, 0.3) is 0 Å². The summed E-state index contributed by atoms with van der Waals surface area (Å²) in [5.41, 5.74) is 2.67. The zero-order valence-corrected chi connectivity index (χ0v) is 14.9. The number of hydrogen-bond acceptors (Lipinski definition) is 5. The Morgan fingerprint density at radius 3 is 2.27 bits per heavy atom. The monoisotopic (exact) mass is 368 g/mol. The van der Waals surface area contributed by atoms with Crippen molar-refractivity contribution in [1.29, 1.82) is 0 Å². The Labute approximate surface area is 156 Å². The van der Waals surface area contributed by atoms with E-state index in [9.17, 15) is 9.59 Å². The first kappa shape index (κ1) is 16.7. The van der Waals surface area contributed by atoms with Crippen molar-refractivity contribution in [2.75, 3.05) is 4.90 Å². The fraction of sp³-hybridized carbons (Fsp3) is 0.263. The van der Waals surface area contributed by atoms with Gasteiger partial charge in [-0.2, -0.15) is 5.11 Å². The molecule has 7 heteroatoms. The predicted molar refractivity (Wildman–Crippen MR) is 97.7 cm³/mol. The average Bonchev–Trinajstić information content (AvgIpc) is 3.17. The van der Waals surface area contributed by atoms with Crippen LogP contribution in [0.3, 0.4) is 0 Å². The molecule has 0 bridgehead atoms. The lowest BCUT2D eigenvalue weighted by Crippen LogP contribution is -2.39. The number of imide groups is 1. The molecule has 0 saturated carbocycles. The molecule has 2 aromatic rings. The van der Waals surface area contributed by atoms with Crippen molar-refractivity contribution in [3.8, 4) is 0 Å². The van der Waals surface area contributed by atoms with Crippen LogP contribution >= 0.6 is 11.6 Å². The minimum absolute atomic E-state index is 0.289. The summed E-state index contributed by atoms with van der Waals surface area (Å²) in [5.74, 6) is -0.616. The number of rotatable bonds is 4. The average molecular weight is 369 g/mol. The van der Waals surface area contributed by atoms with Gasteiger partial charge in [0, 0.05) is 5.02 Å². The Kier molecular flexibility index (Phi) is 4.20. The largest absolute Gasteiger partial charge is 0.271 e. The summed E-state index contributed by atoms with van der Waals surface area (Å²) in [6.45, 7) is 2.45. The first-order chi connectivity index (χ1) is 12.6. The number of fused-ring (bicyclic) bond motifs is 1. The molecular weight excluding hydrogens is 352 g/mol. The lowest BCUT2D eigenvalue weighted by Gasteiger charge is -2.20. The third kappa shape index (κ3) is 2.76. The van der Waals surface area contributed by atoms with Gasteiger partial charge in [0.2, 0.25) is 0 Å². The summed E-state index contributed by atoms with van der Waals surface area (Å²) in [7, 11) is 0. The Hall–Kier alpha value is -2.73. The topological polar surface area (TPSA) is 65.3 Å². The maximum Gasteiger partial charge on any atom is 0.263 e. The molecule has 0 N–H and O–H groups in total. The fourth-order valence-corrected chi connectivity index (χ4v) is 3.39. The van der Waals surface area contributed by atoms with Crippen LogP contribution in [0.5, 0.6) is 0 Å². The normalized spacial score (nSPS) is 21.6. The van der Waals surface area contributed by atoms with Gasteiger partial charge in [0.05, 0.1) is 12.2 Å². The summed E-state index contributed by atoms with van der Waals surface area (Å²) >= 11 is 5.91.